The third-order valence-electron chi connectivity index (χ3n) is 9.59. The Hall–Kier alpha value is -0.870. The highest BCUT2D eigenvalue weighted by atomic mass is 16.6. The van der Waals surface area contributed by atoms with Crippen LogP contribution in [0.15, 0.2) is 12.2 Å². The molecular weight excluding hydrogens is 360 g/mol. The molecule has 3 heterocycles. The number of piperidine rings is 2. The molecule has 0 amide bonds. The van der Waals surface area contributed by atoms with Gasteiger partial charge >= 0.3 is 5.97 Å². The molecule has 0 unspecified atom stereocenters. The van der Waals surface area contributed by atoms with E-state index in [1.54, 1.807) is 4.90 Å². The lowest BCUT2D eigenvalue weighted by Crippen LogP contribution is -3.21. The van der Waals surface area contributed by atoms with Crippen LogP contribution in [0.4, 0.5) is 0 Å². The number of fused-ring (bicyclic) bond motifs is 2. The molecule has 4 heteroatoms. The fourth-order valence-electron chi connectivity index (χ4n) is 7.85. The molecule has 0 bridgehead atoms. The highest BCUT2D eigenvalue weighted by molar-refractivity contribution is 5.75. The van der Waals surface area contributed by atoms with Gasteiger partial charge < -0.3 is 14.5 Å². The van der Waals surface area contributed by atoms with Gasteiger partial charge in [-0.25, -0.2) is 0 Å². The number of rotatable bonds is 3. The van der Waals surface area contributed by atoms with Crippen LogP contribution in [-0.4, -0.2) is 50.8 Å². The zero-order valence-corrected chi connectivity index (χ0v) is 18.5. The van der Waals surface area contributed by atoms with Gasteiger partial charge in [-0.1, -0.05) is 19.1 Å². The molecule has 2 saturated carbocycles. The number of ether oxygens (including phenoxy) is 1. The molecule has 162 valence electrons. The number of carbonyl (C=O) groups excluding carboxylic acids is 1. The topological polar surface area (TPSA) is 35.2 Å². The first kappa shape index (κ1) is 20.1. The first-order valence-corrected chi connectivity index (χ1v) is 12.6. The van der Waals surface area contributed by atoms with E-state index in [2.05, 4.69) is 13.5 Å². The van der Waals surface area contributed by atoms with E-state index in [1.807, 2.05) is 4.90 Å². The smallest absolute Gasteiger partial charge is 0.315 e. The van der Waals surface area contributed by atoms with Crippen molar-refractivity contribution in [3.63, 3.8) is 0 Å². The van der Waals surface area contributed by atoms with Crippen molar-refractivity contribution >= 4 is 5.97 Å². The number of allylic oxidation sites excluding steroid dienone is 1. The maximum Gasteiger partial charge on any atom is 0.315 e. The van der Waals surface area contributed by atoms with Crippen LogP contribution in [0.5, 0.6) is 0 Å². The van der Waals surface area contributed by atoms with E-state index in [0.29, 0.717) is 17.3 Å². The summed E-state index contributed by atoms with van der Waals surface area (Å²) in [5, 5.41) is 0. The Balaban J connectivity index is 1.20. The van der Waals surface area contributed by atoms with Crippen molar-refractivity contribution < 1.29 is 19.3 Å². The van der Waals surface area contributed by atoms with E-state index >= 15 is 0 Å². The predicted octanol–water partition coefficient (Wildman–Crippen LogP) is 1.42. The third kappa shape index (κ3) is 3.80. The summed E-state index contributed by atoms with van der Waals surface area (Å²) in [6.07, 6.45) is 13.1. The average molecular weight is 403 g/mol. The Labute approximate surface area is 177 Å². The van der Waals surface area contributed by atoms with E-state index in [-0.39, 0.29) is 18.0 Å². The fourth-order valence-corrected chi connectivity index (χ4v) is 7.85. The molecule has 5 rings (SSSR count). The maximum atomic E-state index is 12.9. The Morgan fingerprint density at radius 2 is 1.86 bits per heavy atom. The second kappa shape index (κ2) is 8.00. The van der Waals surface area contributed by atoms with Crippen LogP contribution < -0.4 is 9.80 Å². The summed E-state index contributed by atoms with van der Waals surface area (Å²) in [4.78, 5) is 16.4. The molecule has 29 heavy (non-hydrogen) atoms. The van der Waals surface area contributed by atoms with E-state index in [4.69, 9.17) is 4.74 Å². The van der Waals surface area contributed by atoms with E-state index in [0.717, 1.165) is 25.4 Å². The summed E-state index contributed by atoms with van der Waals surface area (Å²) in [5.41, 5.74) is 1.77. The van der Waals surface area contributed by atoms with Crippen LogP contribution in [0.3, 0.4) is 0 Å². The zero-order chi connectivity index (χ0) is 20.0. The van der Waals surface area contributed by atoms with Crippen molar-refractivity contribution in [3.8, 4) is 0 Å². The highest BCUT2D eigenvalue weighted by Crippen LogP contribution is 2.56. The summed E-state index contributed by atoms with van der Waals surface area (Å²) >= 11 is 0. The Bertz CT molecular complexity index is 635. The minimum absolute atomic E-state index is 0.115. The third-order valence-corrected chi connectivity index (χ3v) is 9.59. The first-order chi connectivity index (χ1) is 14.0. The lowest BCUT2D eigenvalue weighted by Gasteiger charge is -2.50. The van der Waals surface area contributed by atoms with Gasteiger partial charge in [0.15, 0.2) is 0 Å². The molecule has 5 fully saturated rings. The molecule has 5 atom stereocenters. The molecule has 0 aromatic rings. The van der Waals surface area contributed by atoms with Crippen molar-refractivity contribution in [1.29, 1.82) is 0 Å². The standard InChI is InChI=1S/C25H40N2O2/c1-18-7-6-10-25(2)16-23-20(15-22(18)25)21(24(28)29-23)17-26-13-8-19(9-14-26)27-11-4-3-5-12-27/h19-23H,1,3-17H2,2H3/p+2/t20-,21-,22+,23-,25-/m1/s1. The van der Waals surface area contributed by atoms with Gasteiger partial charge in [0.05, 0.1) is 38.8 Å². The quantitative estimate of drug-likeness (QED) is 0.553. The van der Waals surface area contributed by atoms with Gasteiger partial charge in [0, 0.05) is 18.8 Å². The highest BCUT2D eigenvalue weighted by Gasteiger charge is 2.56. The van der Waals surface area contributed by atoms with Gasteiger partial charge in [-0.15, -0.1) is 0 Å². The number of likely N-dealkylation sites (tertiary alicyclic amines) is 2. The van der Waals surface area contributed by atoms with Gasteiger partial charge in [-0.2, -0.15) is 0 Å². The molecular formula is C25H42N2O2+2. The first-order valence-electron chi connectivity index (χ1n) is 12.6. The average Bonchev–Trinajstić information content (AvgIpc) is 3.01. The Morgan fingerprint density at radius 3 is 2.62 bits per heavy atom. The summed E-state index contributed by atoms with van der Waals surface area (Å²) in [5.74, 6) is 1.30. The number of hydrogen-bond donors (Lipinski definition) is 2. The van der Waals surface area contributed by atoms with Gasteiger partial charge in [-0.3, -0.25) is 4.79 Å². The maximum absolute atomic E-state index is 12.9. The van der Waals surface area contributed by atoms with Gasteiger partial charge in [0.25, 0.3) is 0 Å². The number of nitrogens with one attached hydrogen (secondary N) is 2. The minimum Gasteiger partial charge on any atom is -0.462 e. The van der Waals surface area contributed by atoms with Crippen molar-refractivity contribution in [2.45, 2.75) is 83.3 Å². The van der Waals surface area contributed by atoms with Crippen molar-refractivity contribution in [3.05, 3.63) is 12.2 Å². The number of hydrogen-bond acceptors (Lipinski definition) is 2. The van der Waals surface area contributed by atoms with E-state index in [1.165, 1.54) is 83.1 Å². The van der Waals surface area contributed by atoms with Crippen molar-refractivity contribution in [2.24, 2.45) is 23.2 Å². The second-order valence-corrected chi connectivity index (χ2v) is 11.4. The SMILES string of the molecule is C=C1CCC[C@]2(C)C[C@H]3OC(=O)[C@H](C[NH+]4CCC([NH+]5CCCCC5)CC4)[C@H]3C[C@@H]12. The van der Waals surface area contributed by atoms with Crippen molar-refractivity contribution in [1.82, 2.24) is 0 Å². The fraction of sp³-hybridized carbons (Fsp3) is 0.880. The summed E-state index contributed by atoms with van der Waals surface area (Å²) in [7, 11) is 0. The van der Waals surface area contributed by atoms with Crippen molar-refractivity contribution in [2.75, 3.05) is 32.7 Å². The number of carbonyl (C=O) groups is 1. The van der Waals surface area contributed by atoms with E-state index in [9.17, 15) is 4.79 Å². The van der Waals surface area contributed by atoms with Crippen LogP contribution in [0, 0.1) is 23.2 Å². The van der Waals surface area contributed by atoms with E-state index < -0.39 is 0 Å². The summed E-state index contributed by atoms with van der Waals surface area (Å²) in [6.45, 7) is 13.2. The molecule has 2 N–H and O–H groups in total. The molecule has 3 aliphatic heterocycles. The Kier molecular flexibility index (Phi) is 5.53. The second-order valence-electron chi connectivity index (χ2n) is 11.4. The molecule has 0 aromatic heterocycles. The normalized spacial score (nSPS) is 46.1. The molecule has 0 aromatic carbocycles. The van der Waals surface area contributed by atoms with Crippen LogP contribution in [0.25, 0.3) is 0 Å². The zero-order valence-electron chi connectivity index (χ0n) is 18.5. The predicted molar refractivity (Wildman–Crippen MR) is 114 cm³/mol. The van der Waals surface area contributed by atoms with Crippen LogP contribution in [0.2, 0.25) is 0 Å². The number of esters is 1. The molecule has 3 saturated heterocycles. The monoisotopic (exact) mass is 402 g/mol. The van der Waals surface area contributed by atoms with Crippen LogP contribution in [0.1, 0.15) is 71.1 Å². The molecule has 2 aliphatic carbocycles. The Morgan fingerprint density at radius 1 is 1.10 bits per heavy atom. The summed E-state index contributed by atoms with van der Waals surface area (Å²) < 4.78 is 6.00. The lowest BCUT2D eigenvalue weighted by atomic mass is 9.55. The van der Waals surface area contributed by atoms with Crippen LogP contribution in [-0.2, 0) is 9.53 Å². The van der Waals surface area contributed by atoms with Gasteiger partial charge in [0.1, 0.15) is 12.0 Å². The van der Waals surface area contributed by atoms with Gasteiger partial charge in [0.2, 0.25) is 0 Å². The largest absolute Gasteiger partial charge is 0.462 e. The minimum atomic E-state index is 0.115. The molecule has 0 radical (unpaired) electrons. The molecule has 5 aliphatic rings. The molecule has 4 nitrogen and oxygen atoms in total. The molecule has 0 spiro atoms. The van der Waals surface area contributed by atoms with Gasteiger partial charge in [-0.05, 0) is 62.7 Å². The number of quaternary nitrogens is 2. The summed E-state index contributed by atoms with van der Waals surface area (Å²) in [6, 6.07) is 0.878. The van der Waals surface area contributed by atoms with Crippen LogP contribution >= 0.6 is 0 Å². The lowest BCUT2D eigenvalue weighted by molar-refractivity contribution is -0.961.